The highest BCUT2D eigenvalue weighted by molar-refractivity contribution is 6.08. The molecule has 2 aliphatic rings. The molecule has 0 spiro atoms. The van der Waals surface area contributed by atoms with Crippen LogP contribution in [0, 0.1) is 5.92 Å². The number of amides is 3. The molecule has 8 nitrogen and oxygen atoms in total. The summed E-state index contributed by atoms with van der Waals surface area (Å²) in [7, 11) is 0. The molecule has 3 amide bonds. The number of carbonyl (C=O) groups is 3. The Hall–Kier alpha value is -2.45. The zero-order chi connectivity index (χ0) is 23.0. The molecule has 1 aromatic rings. The van der Waals surface area contributed by atoms with Gasteiger partial charge in [-0.25, -0.2) is 0 Å². The van der Waals surface area contributed by atoms with Crippen LogP contribution in [0.4, 0.5) is 5.69 Å². The molecule has 0 bridgehead atoms. The average Bonchev–Trinajstić information content (AvgIpc) is 3.05. The number of fused-ring (bicyclic) bond motifs is 2. The summed E-state index contributed by atoms with van der Waals surface area (Å²) in [5.41, 5.74) is 5.22. The van der Waals surface area contributed by atoms with Gasteiger partial charge in [0.2, 0.25) is 11.8 Å². The molecule has 8 heteroatoms. The molecule has 31 heavy (non-hydrogen) atoms. The third-order valence-electron chi connectivity index (χ3n) is 6.47. The summed E-state index contributed by atoms with van der Waals surface area (Å²) >= 11 is 0. The van der Waals surface area contributed by atoms with Crippen molar-refractivity contribution in [2.45, 2.75) is 45.7 Å². The van der Waals surface area contributed by atoms with Crippen molar-refractivity contribution in [1.82, 2.24) is 15.1 Å². The van der Waals surface area contributed by atoms with Crippen LogP contribution in [-0.4, -0.2) is 77.9 Å². The standard InChI is InChI=1S/C23H35N5O3/c1-6-26(7-2)12-13-28-18-11-9-8-10-16(18)19(29)25-23(5)15-27(14-17(23)20(28)30)21(31)22(3,4)24/h8-11,17H,6-7,12-15,24H2,1-5H3,(H,25,29)/t17-,23-/m0/s1. The number of hydrogen-bond acceptors (Lipinski definition) is 5. The Morgan fingerprint density at radius 3 is 2.52 bits per heavy atom. The lowest BCUT2D eigenvalue weighted by Crippen LogP contribution is -2.59. The van der Waals surface area contributed by atoms with Gasteiger partial charge in [0.1, 0.15) is 0 Å². The molecular weight excluding hydrogens is 394 g/mol. The highest BCUT2D eigenvalue weighted by Gasteiger charge is 2.53. The van der Waals surface area contributed by atoms with Crippen molar-refractivity contribution in [2.75, 3.05) is 44.2 Å². The first-order valence-corrected chi connectivity index (χ1v) is 11.0. The maximum absolute atomic E-state index is 13.8. The van der Waals surface area contributed by atoms with E-state index in [1.165, 1.54) is 0 Å². The summed E-state index contributed by atoms with van der Waals surface area (Å²) < 4.78 is 0. The first kappa shape index (κ1) is 23.2. The molecular formula is C23H35N5O3. The van der Waals surface area contributed by atoms with Crippen LogP contribution in [-0.2, 0) is 9.59 Å². The second-order valence-corrected chi connectivity index (χ2v) is 9.37. The van der Waals surface area contributed by atoms with Crippen LogP contribution in [0.25, 0.3) is 0 Å². The smallest absolute Gasteiger partial charge is 0.253 e. The summed E-state index contributed by atoms with van der Waals surface area (Å²) in [6.07, 6.45) is 0. The molecule has 170 valence electrons. The number of nitrogens with zero attached hydrogens (tertiary/aromatic N) is 3. The van der Waals surface area contributed by atoms with Crippen LogP contribution in [0.3, 0.4) is 0 Å². The molecule has 0 saturated carbocycles. The van der Waals surface area contributed by atoms with E-state index in [9.17, 15) is 14.4 Å². The van der Waals surface area contributed by atoms with Gasteiger partial charge in [0.05, 0.1) is 28.2 Å². The van der Waals surface area contributed by atoms with E-state index in [1.54, 1.807) is 35.8 Å². The molecule has 0 aromatic heterocycles. The van der Waals surface area contributed by atoms with Crippen molar-refractivity contribution < 1.29 is 14.4 Å². The maximum Gasteiger partial charge on any atom is 0.253 e. The number of nitrogens with one attached hydrogen (secondary N) is 1. The highest BCUT2D eigenvalue weighted by Crippen LogP contribution is 2.35. The number of hydrogen-bond donors (Lipinski definition) is 2. The zero-order valence-electron chi connectivity index (χ0n) is 19.3. The van der Waals surface area contributed by atoms with Crippen molar-refractivity contribution in [3.63, 3.8) is 0 Å². The predicted octanol–water partition coefficient (Wildman–Crippen LogP) is 1.06. The molecule has 0 aliphatic carbocycles. The lowest BCUT2D eigenvalue weighted by Gasteiger charge is -2.38. The van der Waals surface area contributed by atoms with E-state index in [2.05, 4.69) is 24.1 Å². The lowest BCUT2D eigenvalue weighted by molar-refractivity contribution is -0.135. The minimum absolute atomic E-state index is 0.0766. The first-order chi connectivity index (χ1) is 14.5. The monoisotopic (exact) mass is 429 g/mol. The second-order valence-electron chi connectivity index (χ2n) is 9.37. The van der Waals surface area contributed by atoms with Crippen molar-refractivity contribution in [3.8, 4) is 0 Å². The van der Waals surface area contributed by atoms with Crippen LogP contribution in [0.15, 0.2) is 24.3 Å². The summed E-state index contributed by atoms with van der Waals surface area (Å²) in [5, 5.41) is 3.06. The molecule has 1 aromatic carbocycles. The number of likely N-dealkylation sites (tertiary alicyclic amines) is 1. The van der Waals surface area contributed by atoms with E-state index >= 15 is 0 Å². The van der Waals surface area contributed by atoms with Crippen LogP contribution >= 0.6 is 0 Å². The minimum atomic E-state index is -1.05. The molecule has 2 aliphatic heterocycles. The zero-order valence-corrected chi connectivity index (χ0v) is 19.3. The molecule has 2 atom stereocenters. The number of rotatable bonds is 6. The summed E-state index contributed by atoms with van der Waals surface area (Å²) in [6, 6.07) is 7.20. The highest BCUT2D eigenvalue weighted by atomic mass is 16.2. The fourth-order valence-corrected chi connectivity index (χ4v) is 4.58. The van der Waals surface area contributed by atoms with E-state index in [0.29, 0.717) is 24.3 Å². The Morgan fingerprint density at radius 1 is 1.26 bits per heavy atom. The number of anilines is 1. The third kappa shape index (κ3) is 4.45. The predicted molar refractivity (Wildman–Crippen MR) is 121 cm³/mol. The summed E-state index contributed by atoms with van der Waals surface area (Å²) in [4.78, 5) is 45.5. The Labute approximate surface area is 184 Å². The van der Waals surface area contributed by atoms with Gasteiger partial charge in [-0.05, 0) is 46.0 Å². The second kappa shape index (κ2) is 8.59. The Morgan fingerprint density at radius 2 is 1.90 bits per heavy atom. The number of carbonyl (C=O) groups excluding carboxylic acids is 3. The molecule has 1 fully saturated rings. The Kier molecular flexibility index (Phi) is 6.43. The topological polar surface area (TPSA) is 99.0 Å². The van der Waals surface area contributed by atoms with Crippen LogP contribution < -0.4 is 16.0 Å². The van der Waals surface area contributed by atoms with E-state index in [0.717, 1.165) is 13.1 Å². The molecule has 0 radical (unpaired) electrons. The maximum atomic E-state index is 13.8. The fraction of sp³-hybridized carbons (Fsp3) is 0.609. The Balaban J connectivity index is 2.00. The summed E-state index contributed by atoms with van der Waals surface area (Å²) in [5.74, 6) is -1.08. The van der Waals surface area contributed by atoms with E-state index in [-0.39, 0.29) is 30.8 Å². The van der Waals surface area contributed by atoms with Gasteiger partial charge in [0.25, 0.3) is 5.91 Å². The fourth-order valence-electron chi connectivity index (χ4n) is 4.58. The van der Waals surface area contributed by atoms with Crippen molar-refractivity contribution in [2.24, 2.45) is 11.7 Å². The summed E-state index contributed by atoms with van der Waals surface area (Å²) in [6.45, 7) is 12.8. The van der Waals surface area contributed by atoms with Gasteiger partial charge in [0, 0.05) is 26.2 Å². The first-order valence-electron chi connectivity index (χ1n) is 11.0. The van der Waals surface area contributed by atoms with Gasteiger partial charge in [0.15, 0.2) is 0 Å². The van der Waals surface area contributed by atoms with Gasteiger partial charge < -0.3 is 25.8 Å². The van der Waals surface area contributed by atoms with Gasteiger partial charge in [-0.15, -0.1) is 0 Å². The van der Waals surface area contributed by atoms with Crippen LogP contribution in [0.5, 0.6) is 0 Å². The normalized spacial score (nSPS) is 23.9. The van der Waals surface area contributed by atoms with E-state index in [4.69, 9.17) is 5.73 Å². The van der Waals surface area contributed by atoms with Crippen molar-refractivity contribution in [1.29, 1.82) is 0 Å². The van der Waals surface area contributed by atoms with Gasteiger partial charge in [-0.1, -0.05) is 26.0 Å². The van der Waals surface area contributed by atoms with E-state index in [1.807, 2.05) is 19.1 Å². The van der Waals surface area contributed by atoms with Crippen LogP contribution in [0.2, 0.25) is 0 Å². The lowest BCUT2D eigenvalue weighted by atomic mass is 9.86. The number of likely N-dealkylation sites (N-methyl/N-ethyl adjacent to an activating group) is 1. The quantitative estimate of drug-likeness (QED) is 0.705. The Bertz CT molecular complexity index is 861. The van der Waals surface area contributed by atoms with Gasteiger partial charge in [-0.3, -0.25) is 14.4 Å². The van der Waals surface area contributed by atoms with Crippen molar-refractivity contribution >= 4 is 23.4 Å². The molecule has 0 unspecified atom stereocenters. The van der Waals surface area contributed by atoms with Gasteiger partial charge >= 0.3 is 0 Å². The SMILES string of the molecule is CCN(CC)CCN1C(=O)[C@@H]2CN(C(=O)C(C)(C)N)C[C@]2(C)NC(=O)c2ccccc21. The van der Waals surface area contributed by atoms with Gasteiger partial charge in [-0.2, -0.15) is 0 Å². The third-order valence-corrected chi connectivity index (χ3v) is 6.47. The minimum Gasteiger partial charge on any atom is -0.344 e. The van der Waals surface area contributed by atoms with Crippen molar-refractivity contribution in [3.05, 3.63) is 29.8 Å². The number of nitrogens with two attached hydrogens (primary N) is 1. The molecule has 2 heterocycles. The average molecular weight is 430 g/mol. The molecule has 3 N–H and O–H groups in total. The van der Waals surface area contributed by atoms with E-state index < -0.39 is 17.0 Å². The largest absolute Gasteiger partial charge is 0.344 e. The number of para-hydroxylation sites is 1. The molecule has 3 rings (SSSR count). The number of benzene rings is 1. The van der Waals surface area contributed by atoms with Crippen LogP contribution in [0.1, 0.15) is 45.0 Å². The molecule has 1 saturated heterocycles.